The van der Waals surface area contributed by atoms with E-state index < -0.39 is 0 Å². The number of benzene rings is 4. The highest BCUT2D eigenvalue weighted by Crippen LogP contribution is 2.52. The van der Waals surface area contributed by atoms with Gasteiger partial charge in [-0.25, -0.2) is 0 Å². The van der Waals surface area contributed by atoms with E-state index in [0.29, 0.717) is 48.7 Å². The molecule has 4 N–H and O–H groups in total. The van der Waals surface area contributed by atoms with Gasteiger partial charge in [-0.3, -0.25) is 0 Å². The van der Waals surface area contributed by atoms with Gasteiger partial charge in [-0.05, 0) is 49.9 Å². The average Bonchev–Trinajstić information content (AvgIpc) is 3.14. The molecule has 4 aromatic rings. The summed E-state index contributed by atoms with van der Waals surface area (Å²) in [6, 6.07) is 14.8. The van der Waals surface area contributed by atoms with Gasteiger partial charge in [-0.15, -0.1) is 0 Å². The second-order valence-electron chi connectivity index (χ2n) is 14.0. The molecule has 0 heterocycles. The van der Waals surface area contributed by atoms with Crippen molar-refractivity contribution in [3.63, 3.8) is 0 Å². The molecule has 0 saturated heterocycles. The van der Waals surface area contributed by atoms with E-state index in [0.717, 1.165) is 70.2 Å². The lowest BCUT2D eigenvalue weighted by Gasteiger charge is -2.30. The third kappa shape index (κ3) is 7.17. The molecule has 0 fully saturated rings. The van der Waals surface area contributed by atoms with Gasteiger partial charge in [0.25, 0.3) is 0 Å². The first-order chi connectivity index (χ1) is 25.1. The van der Waals surface area contributed by atoms with Gasteiger partial charge in [-0.2, -0.15) is 0 Å². The molecule has 5 rings (SSSR count). The molecular formula is C44H56O8. The van der Waals surface area contributed by atoms with Crippen LogP contribution in [0.5, 0.6) is 46.0 Å². The van der Waals surface area contributed by atoms with Crippen molar-refractivity contribution < 1.29 is 39.4 Å². The van der Waals surface area contributed by atoms with Crippen molar-refractivity contribution in [2.24, 2.45) is 0 Å². The number of methoxy groups -OCH3 is 4. The number of rotatable bonds is 12. The summed E-state index contributed by atoms with van der Waals surface area (Å²) in [6.45, 7) is 8.45. The number of hydrogen-bond donors (Lipinski definition) is 4. The maximum absolute atomic E-state index is 11.7. The summed E-state index contributed by atoms with van der Waals surface area (Å²) in [5, 5.41) is 46.9. The zero-order valence-electron chi connectivity index (χ0n) is 32.0. The summed E-state index contributed by atoms with van der Waals surface area (Å²) in [7, 11) is 6.39. The van der Waals surface area contributed by atoms with Gasteiger partial charge in [0.05, 0.1) is 28.4 Å². The Kier molecular flexibility index (Phi) is 12.4. The van der Waals surface area contributed by atoms with Gasteiger partial charge in [-0.1, -0.05) is 53.4 Å². The van der Waals surface area contributed by atoms with Crippen molar-refractivity contribution in [3.8, 4) is 46.0 Å². The molecular weight excluding hydrogens is 656 g/mol. The highest BCUT2D eigenvalue weighted by molar-refractivity contribution is 5.62. The van der Waals surface area contributed by atoms with Crippen LogP contribution in [0.25, 0.3) is 0 Å². The van der Waals surface area contributed by atoms with Crippen molar-refractivity contribution in [2.75, 3.05) is 28.4 Å². The summed E-state index contributed by atoms with van der Waals surface area (Å²) < 4.78 is 23.8. The minimum atomic E-state index is -0.298. The molecule has 0 saturated carbocycles. The zero-order valence-corrected chi connectivity index (χ0v) is 32.0. The Bertz CT molecular complexity index is 1590. The minimum absolute atomic E-state index is 0.102. The first kappa shape index (κ1) is 38.5. The maximum Gasteiger partial charge on any atom is 0.126 e. The Hall–Kier alpha value is -4.72. The van der Waals surface area contributed by atoms with E-state index in [1.54, 1.807) is 52.7 Å². The van der Waals surface area contributed by atoms with Crippen LogP contribution in [0.3, 0.4) is 0 Å². The third-order valence-electron chi connectivity index (χ3n) is 10.8. The fourth-order valence-electron chi connectivity index (χ4n) is 8.40. The molecule has 1 aliphatic rings. The van der Waals surface area contributed by atoms with E-state index in [2.05, 4.69) is 27.7 Å². The summed E-state index contributed by atoms with van der Waals surface area (Å²) in [5.41, 5.74) is 6.26. The van der Waals surface area contributed by atoms with Crippen LogP contribution in [-0.2, 0) is 0 Å². The van der Waals surface area contributed by atoms with Gasteiger partial charge in [0.1, 0.15) is 46.0 Å². The highest BCUT2D eigenvalue weighted by Gasteiger charge is 2.33. The monoisotopic (exact) mass is 712 g/mol. The molecule has 0 aliphatic heterocycles. The first-order valence-corrected chi connectivity index (χ1v) is 18.7. The van der Waals surface area contributed by atoms with Crippen molar-refractivity contribution >= 4 is 0 Å². The molecule has 0 radical (unpaired) electrons. The normalized spacial score (nSPS) is 18.2. The molecule has 1 aliphatic carbocycles. The molecule has 4 aromatic carbocycles. The van der Waals surface area contributed by atoms with Crippen LogP contribution >= 0.6 is 0 Å². The predicted molar refractivity (Wildman–Crippen MR) is 206 cm³/mol. The Balaban J connectivity index is 2.01. The SMILES string of the molecule is CCCC1c2cc(c(OC)cc2O)C(CCC)c2cc(c(OC)cc2O)C(CCC)c2cc(c(OC)cc2O)C(CCC)c2cc1c(OC)cc2O. The van der Waals surface area contributed by atoms with Crippen LogP contribution in [0.2, 0.25) is 0 Å². The van der Waals surface area contributed by atoms with E-state index in [4.69, 9.17) is 18.9 Å². The molecule has 0 amide bonds. The highest BCUT2D eigenvalue weighted by atomic mass is 16.5. The van der Waals surface area contributed by atoms with Crippen molar-refractivity contribution in [3.05, 3.63) is 93.0 Å². The van der Waals surface area contributed by atoms with E-state index in [9.17, 15) is 20.4 Å². The lowest BCUT2D eigenvalue weighted by atomic mass is 9.76. The molecule has 8 heteroatoms. The number of phenols is 4. The second kappa shape index (κ2) is 16.7. The van der Waals surface area contributed by atoms with Crippen LogP contribution in [0, 0.1) is 0 Å². The maximum atomic E-state index is 11.7. The van der Waals surface area contributed by atoms with Crippen molar-refractivity contribution in [1.29, 1.82) is 0 Å². The largest absolute Gasteiger partial charge is 0.508 e. The summed E-state index contributed by atoms with van der Waals surface area (Å²) in [5.74, 6) is 1.31. The lowest BCUT2D eigenvalue weighted by molar-refractivity contribution is 0.388. The average molecular weight is 713 g/mol. The van der Waals surface area contributed by atoms with Gasteiger partial charge in [0.2, 0.25) is 0 Å². The van der Waals surface area contributed by atoms with E-state index in [-0.39, 0.29) is 46.7 Å². The zero-order chi connectivity index (χ0) is 37.7. The molecule has 4 unspecified atom stereocenters. The molecule has 0 spiro atoms. The minimum Gasteiger partial charge on any atom is -0.508 e. The predicted octanol–water partition coefficient (Wildman–Crippen LogP) is 10.6. The van der Waals surface area contributed by atoms with Crippen LogP contribution in [-0.4, -0.2) is 48.9 Å². The fourth-order valence-corrected chi connectivity index (χ4v) is 8.40. The van der Waals surface area contributed by atoms with Crippen LogP contribution in [0.1, 0.15) is 147 Å². The molecule has 52 heavy (non-hydrogen) atoms. The number of ether oxygens (including phenoxy) is 4. The van der Waals surface area contributed by atoms with Gasteiger partial charge in [0.15, 0.2) is 0 Å². The van der Waals surface area contributed by atoms with E-state index in [1.165, 1.54) is 0 Å². The number of hydrogen-bond acceptors (Lipinski definition) is 8. The van der Waals surface area contributed by atoms with Gasteiger partial charge >= 0.3 is 0 Å². The molecule has 4 atom stereocenters. The Labute approximate surface area is 309 Å². The smallest absolute Gasteiger partial charge is 0.126 e. The molecule has 8 nitrogen and oxygen atoms in total. The summed E-state index contributed by atoms with van der Waals surface area (Å²) in [4.78, 5) is 0. The number of fused-ring (bicyclic) bond motifs is 8. The molecule has 280 valence electrons. The summed E-state index contributed by atoms with van der Waals surface area (Å²) in [6.07, 6.45) is 6.05. The second-order valence-corrected chi connectivity index (χ2v) is 14.0. The standard InChI is InChI=1S/C44H56O8/c1-9-13-25-29-17-34(42(50-6)21-37(29)45)27(15-11-3)31-19-36(44(52-8)23-39(31)47)28(16-12-4)32-20-35(43(51-7)24-40(32)48)26(14-10-2)30-18-33(25)41(49-5)22-38(30)46/h17-28,45-48H,9-16H2,1-8H3. The fraction of sp³-hybridized carbons (Fsp3) is 0.455. The topological polar surface area (TPSA) is 118 Å². The van der Waals surface area contributed by atoms with Crippen LogP contribution in [0.4, 0.5) is 0 Å². The van der Waals surface area contributed by atoms with Gasteiger partial charge in [0, 0.05) is 92.4 Å². The van der Waals surface area contributed by atoms with E-state index >= 15 is 0 Å². The first-order valence-electron chi connectivity index (χ1n) is 18.7. The lowest BCUT2D eigenvalue weighted by Crippen LogP contribution is -2.13. The number of phenolic OH excluding ortho intramolecular Hbond substituents is 4. The Morgan fingerprint density at radius 3 is 0.692 bits per heavy atom. The Morgan fingerprint density at radius 2 is 0.538 bits per heavy atom. The summed E-state index contributed by atoms with van der Waals surface area (Å²) >= 11 is 0. The molecule has 8 bridgehead atoms. The van der Waals surface area contributed by atoms with Gasteiger partial charge < -0.3 is 39.4 Å². The quantitative estimate of drug-likeness (QED) is 0.115. The molecule has 0 aromatic heterocycles. The van der Waals surface area contributed by atoms with Crippen molar-refractivity contribution in [2.45, 2.75) is 103 Å². The van der Waals surface area contributed by atoms with Crippen LogP contribution in [0.15, 0.2) is 48.5 Å². The Morgan fingerprint density at radius 1 is 0.346 bits per heavy atom. The third-order valence-corrected chi connectivity index (χ3v) is 10.8. The van der Waals surface area contributed by atoms with Crippen LogP contribution < -0.4 is 18.9 Å². The van der Waals surface area contributed by atoms with Crippen molar-refractivity contribution in [1.82, 2.24) is 0 Å². The number of aromatic hydroxyl groups is 4. The van der Waals surface area contributed by atoms with E-state index in [1.807, 2.05) is 24.3 Å².